The van der Waals surface area contributed by atoms with E-state index in [-0.39, 0.29) is 6.03 Å². The highest BCUT2D eigenvalue weighted by atomic mass is 35.5. The minimum Gasteiger partial charge on any atom is -0.478 e. The van der Waals surface area contributed by atoms with Gasteiger partial charge >= 0.3 is 18.0 Å². The molecule has 174 valence electrons. The molecule has 0 unspecified atom stereocenters. The van der Waals surface area contributed by atoms with Gasteiger partial charge in [0.2, 0.25) is 0 Å². The van der Waals surface area contributed by atoms with Gasteiger partial charge in [-0.25, -0.2) is 14.4 Å². The van der Waals surface area contributed by atoms with Gasteiger partial charge in [-0.2, -0.15) is 5.06 Å². The fourth-order valence-electron chi connectivity index (χ4n) is 2.14. The number of hydroxylamine groups is 2. The molecule has 2 amide bonds. The van der Waals surface area contributed by atoms with E-state index in [0.717, 1.165) is 6.42 Å². The first-order valence-electron chi connectivity index (χ1n) is 9.49. The van der Waals surface area contributed by atoms with Crippen LogP contribution in [0, 0.1) is 0 Å². The van der Waals surface area contributed by atoms with Gasteiger partial charge in [-0.3, -0.25) is 0 Å². The van der Waals surface area contributed by atoms with Crippen LogP contribution >= 0.6 is 23.2 Å². The van der Waals surface area contributed by atoms with Gasteiger partial charge in [-0.05, 0) is 33.5 Å². The highest BCUT2D eigenvalue weighted by Gasteiger charge is 2.21. The Morgan fingerprint density at radius 2 is 1.45 bits per heavy atom. The molecule has 0 spiro atoms. The van der Waals surface area contributed by atoms with Crippen molar-refractivity contribution in [3.63, 3.8) is 0 Å². The molecule has 0 fully saturated rings. The second kappa shape index (κ2) is 15.3. The predicted molar refractivity (Wildman–Crippen MR) is 120 cm³/mol. The number of hydrogen-bond donors (Lipinski definition) is 2. The number of benzene rings is 1. The Bertz CT molecular complexity index is 722. The van der Waals surface area contributed by atoms with Gasteiger partial charge in [0, 0.05) is 54.0 Å². The summed E-state index contributed by atoms with van der Waals surface area (Å²) in [6.45, 7) is 6.43. The molecule has 0 aromatic heterocycles. The topological polar surface area (TPSA) is 111 Å². The summed E-state index contributed by atoms with van der Waals surface area (Å²) < 4.78 is 0. The summed E-state index contributed by atoms with van der Waals surface area (Å²) in [5.41, 5.74) is 0. The van der Waals surface area contributed by atoms with Crippen LogP contribution in [0.3, 0.4) is 0 Å². The number of nitrogens with zero attached hydrogens (tertiary/aromatic N) is 3. The second-order valence-corrected chi connectivity index (χ2v) is 7.35. The van der Waals surface area contributed by atoms with Crippen molar-refractivity contribution in [1.29, 1.82) is 0 Å². The van der Waals surface area contributed by atoms with Crippen LogP contribution in [0.4, 0.5) is 4.79 Å². The van der Waals surface area contributed by atoms with Crippen LogP contribution in [0.1, 0.15) is 20.3 Å². The van der Waals surface area contributed by atoms with Crippen molar-refractivity contribution in [2.75, 3.05) is 40.3 Å². The molecule has 0 aliphatic carbocycles. The molecule has 0 bridgehead atoms. The van der Waals surface area contributed by atoms with Crippen molar-refractivity contribution in [3.05, 3.63) is 40.4 Å². The van der Waals surface area contributed by atoms with Crippen LogP contribution < -0.4 is 4.84 Å². The molecule has 1 aromatic rings. The summed E-state index contributed by atoms with van der Waals surface area (Å²) in [4.78, 5) is 41.3. The monoisotopic (exact) mass is 477 g/mol. The number of carbonyl (C=O) groups excluding carboxylic acids is 1. The number of likely N-dealkylation sites (N-methyl/N-ethyl adjacent to an activating group) is 1. The van der Waals surface area contributed by atoms with E-state index in [4.69, 9.17) is 38.3 Å². The lowest BCUT2D eigenvalue weighted by atomic mass is 10.3. The largest absolute Gasteiger partial charge is 0.478 e. The number of hydrogen-bond acceptors (Lipinski definition) is 5. The molecule has 2 N–H and O–H groups in total. The molecule has 0 radical (unpaired) electrons. The maximum absolute atomic E-state index is 12.7. The SMILES string of the molecule is CCCN(CC)C(=O)N(CCN(C)C)Oc1cc(Cl)cc(Cl)c1.O=C(O)/C=C\C(=O)O. The van der Waals surface area contributed by atoms with Crippen LogP contribution in [0.5, 0.6) is 5.75 Å². The molecule has 0 aliphatic rings. The summed E-state index contributed by atoms with van der Waals surface area (Å²) in [6.07, 6.45) is 2.01. The maximum Gasteiger partial charge on any atom is 0.353 e. The zero-order chi connectivity index (χ0) is 24.0. The van der Waals surface area contributed by atoms with E-state index in [0.29, 0.717) is 54.1 Å². The van der Waals surface area contributed by atoms with Gasteiger partial charge in [-0.1, -0.05) is 30.1 Å². The van der Waals surface area contributed by atoms with Crippen molar-refractivity contribution >= 4 is 41.2 Å². The molecule has 0 saturated heterocycles. The van der Waals surface area contributed by atoms with E-state index >= 15 is 0 Å². The summed E-state index contributed by atoms with van der Waals surface area (Å²) in [6, 6.07) is 4.74. The van der Waals surface area contributed by atoms with Gasteiger partial charge in [0.1, 0.15) is 0 Å². The number of amides is 2. The fraction of sp³-hybridized carbons (Fsp3) is 0.450. The van der Waals surface area contributed by atoms with E-state index in [9.17, 15) is 14.4 Å². The van der Waals surface area contributed by atoms with Crippen molar-refractivity contribution in [3.8, 4) is 5.75 Å². The van der Waals surface area contributed by atoms with Crippen molar-refractivity contribution in [2.24, 2.45) is 0 Å². The summed E-state index contributed by atoms with van der Waals surface area (Å²) in [5.74, 6) is -2.07. The van der Waals surface area contributed by atoms with E-state index in [2.05, 4.69) is 0 Å². The number of aliphatic carboxylic acids is 2. The van der Waals surface area contributed by atoms with Crippen LogP contribution in [0.15, 0.2) is 30.4 Å². The summed E-state index contributed by atoms with van der Waals surface area (Å²) in [5, 5.41) is 17.9. The first-order chi connectivity index (χ1) is 14.5. The molecule has 0 saturated carbocycles. The third-order valence-electron chi connectivity index (χ3n) is 3.53. The lowest BCUT2D eigenvalue weighted by Crippen LogP contribution is -2.47. The molecular formula is C20H29Cl2N3O6. The lowest BCUT2D eigenvalue weighted by Gasteiger charge is -2.30. The number of carboxylic acid groups (broad SMARTS) is 2. The minimum atomic E-state index is -1.26. The number of carbonyl (C=O) groups is 3. The number of urea groups is 1. The minimum absolute atomic E-state index is 0.160. The highest BCUT2D eigenvalue weighted by Crippen LogP contribution is 2.25. The third kappa shape index (κ3) is 13.4. The molecule has 0 heterocycles. The van der Waals surface area contributed by atoms with Crippen LogP contribution in [-0.2, 0) is 9.59 Å². The van der Waals surface area contributed by atoms with Gasteiger partial charge in [0.05, 0.1) is 6.54 Å². The van der Waals surface area contributed by atoms with Crippen molar-refractivity contribution in [1.82, 2.24) is 14.9 Å². The number of carboxylic acids is 2. The van der Waals surface area contributed by atoms with Gasteiger partial charge in [0.25, 0.3) is 0 Å². The molecule has 9 nitrogen and oxygen atoms in total. The summed E-state index contributed by atoms with van der Waals surface area (Å²) >= 11 is 12.0. The molecule has 0 aliphatic heterocycles. The Kier molecular flexibility index (Phi) is 14.1. The van der Waals surface area contributed by atoms with Gasteiger partial charge in [0.15, 0.2) is 5.75 Å². The standard InChI is InChI=1S/C16H25Cl2N3O2.C4H4O4/c1-5-7-20(6-2)16(22)21(9-8-19(3)4)23-15-11-13(17)10-14(18)12-15;5-3(6)1-2-4(7)8/h10-12H,5-9H2,1-4H3;1-2H,(H,5,6)(H,7,8)/b;2-1-. The van der Waals surface area contributed by atoms with Crippen molar-refractivity contribution in [2.45, 2.75) is 20.3 Å². The molecular weight excluding hydrogens is 449 g/mol. The number of halogens is 2. The molecule has 0 atom stereocenters. The smallest absolute Gasteiger partial charge is 0.353 e. The Labute approximate surface area is 192 Å². The quantitative estimate of drug-likeness (QED) is 0.390. The Hall–Kier alpha value is -2.49. The van der Waals surface area contributed by atoms with Crippen LogP contribution in [0.25, 0.3) is 0 Å². The summed E-state index contributed by atoms with van der Waals surface area (Å²) in [7, 11) is 3.89. The van der Waals surface area contributed by atoms with E-state index in [1.165, 1.54) is 5.06 Å². The van der Waals surface area contributed by atoms with E-state index in [1.807, 2.05) is 32.8 Å². The Morgan fingerprint density at radius 1 is 0.935 bits per heavy atom. The Balaban J connectivity index is 0.000000954. The van der Waals surface area contributed by atoms with Gasteiger partial charge in [-0.15, -0.1) is 0 Å². The fourth-order valence-corrected chi connectivity index (χ4v) is 2.64. The second-order valence-electron chi connectivity index (χ2n) is 6.47. The lowest BCUT2D eigenvalue weighted by molar-refractivity contribution is -0.134. The maximum atomic E-state index is 12.7. The number of rotatable bonds is 10. The average molecular weight is 478 g/mol. The zero-order valence-corrected chi connectivity index (χ0v) is 19.6. The van der Waals surface area contributed by atoms with Crippen molar-refractivity contribution < 1.29 is 29.4 Å². The van der Waals surface area contributed by atoms with Crippen LogP contribution in [-0.4, -0.2) is 83.3 Å². The van der Waals surface area contributed by atoms with Crippen LogP contribution in [0.2, 0.25) is 10.0 Å². The molecule has 1 aromatic carbocycles. The first kappa shape index (κ1) is 28.5. The van der Waals surface area contributed by atoms with E-state index < -0.39 is 11.9 Å². The molecule has 1 rings (SSSR count). The molecule has 31 heavy (non-hydrogen) atoms. The Morgan fingerprint density at radius 3 is 1.84 bits per heavy atom. The first-order valence-corrected chi connectivity index (χ1v) is 10.2. The van der Waals surface area contributed by atoms with E-state index in [1.54, 1.807) is 23.1 Å². The third-order valence-corrected chi connectivity index (χ3v) is 3.97. The zero-order valence-electron chi connectivity index (χ0n) is 18.0. The van der Waals surface area contributed by atoms with Gasteiger partial charge < -0.3 is 24.9 Å². The predicted octanol–water partition coefficient (Wildman–Crippen LogP) is 3.71. The highest BCUT2D eigenvalue weighted by molar-refractivity contribution is 6.34. The average Bonchev–Trinajstić information content (AvgIpc) is 2.66. The normalized spacial score (nSPS) is 10.4. The molecule has 11 heteroatoms.